The lowest BCUT2D eigenvalue weighted by Crippen LogP contribution is -2.49. The summed E-state index contributed by atoms with van der Waals surface area (Å²) < 4.78 is 6.01. The highest BCUT2D eigenvalue weighted by Gasteiger charge is 2.43. The molecule has 0 radical (unpaired) electrons. The summed E-state index contributed by atoms with van der Waals surface area (Å²) in [5, 5.41) is 14.7. The van der Waals surface area contributed by atoms with Gasteiger partial charge in [0.15, 0.2) is 0 Å². The molecule has 0 aromatic heterocycles. The number of hydrogen-bond acceptors (Lipinski definition) is 3. The first-order valence-electron chi connectivity index (χ1n) is 8.65. The number of fused-ring (bicyclic) bond motifs is 1. The van der Waals surface area contributed by atoms with E-state index in [2.05, 4.69) is 36.5 Å². The Bertz CT molecular complexity index is 693. The number of hydrogen-bond donors (Lipinski definition) is 2. The molecule has 128 valence electrons. The third-order valence-corrected chi connectivity index (χ3v) is 4.62. The first kappa shape index (κ1) is 17.0. The molecule has 1 heterocycles. The molecule has 1 aliphatic rings. The second-order valence-electron chi connectivity index (χ2n) is 7.48. The molecule has 1 atom stereocenters. The number of aliphatic hydroxyl groups is 1. The van der Waals surface area contributed by atoms with E-state index in [1.165, 1.54) is 11.1 Å². The lowest BCUT2D eigenvalue weighted by Gasteiger charge is -2.43. The van der Waals surface area contributed by atoms with Gasteiger partial charge in [-0.1, -0.05) is 48.0 Å². The topological polar surface area (TPSA) is 41.5 Å². The maximum atomic E-state index is 11.3. The van der Waals surface area contributed by atoms with Crippen LogP contribution < -0.4 is 10.1 Å². The van der Waals surface area contributed by atoms with Gasteiger partial charge in [-0.25, -0.2) is 0 Å². The van der Waals surface area contributed by atoms with Gasteiger partial charge in [-0.3, -0.25) is 0 Å². The second-order valence-corrected chi connectivity index (χ2v) is 7.48. The molecule has 3 rings (SSSR count). The van der Waals surface area contributed by atoms with Crippen LogP contribution in [-0.4, -0.2) is 23.8 Å². The van der Waals surface area contributed by atoms with Crippen LogP contribution in [0.1, 0.15) is 37.0 Å². The van der Waals surface area contributed by atoms with Crippen molar-refractivity contribution in [3.05, 3.63) is 65.2 Å². The Hall–Kier alpha value is -1.84. The maximum Gasteiger partial charge on any atom is 0.126 e. The molecule has 3 nitrogen and oxygen atoms in total. The van der Waals surface area contributed by atoms with E-state index in [9.17, 15) is 5.11 Å². The summed E-state index contributed by atoms with van der Waals surface area (Å²) in [5.74, 6) is 0.789. The fourth-order valence-electron chi connectivity index (χ4n) is 3.51. The molecule has 1 aliphatic heterocycles. The molecule has 24 heavy (non-hydrogen) atoms. The van der Waals surface area contributed by atoms with E-state index < -0.39 is 5.60 Å². The van der Waals surface area contributed by atoms with Gasteiger partial charge in [-0.05, 0) is 45.4 Å². The van der Waals surface area contributed by atoms with Crippen LogP contribution in [0.3, 0.4) is 0 Å². The van der Waals surface area contributed by atoms with E-state index in [0.717, 1.165) is 24.3 Å². The maximum absolute atomic E-state index is 11.3. The standard InChI is InChI=1S/C21H27NO2/c1-16-8-10-17(11-9-16)12-13-22-15-21(23)14-20(2,3)24-19-7-5-4-6-18(19)21/h4-11,22-23H,12-15H2,1-3H3. The zero-order valence-electron chi connectivity index (χ0n) is 14.8. The highest BCUT2D eigenvalue weighted by molar-refractivity contribution is 5.41. The second kappa shape index (κ2) is 6.58. The monoisotopic (exact) mass is 325 g/mol. The molecule has 0 saturated carbocycles. The SMILES string of the molecule is Cc1ccc(CCNCC2(O)CC(C)(C)Oc3ccccc32)cc1. The molecule has 0 spiro atoms. The van der Waals surface area contributed by atoms with E-state index in [4.69, 9.17) is 4.74 Å². The summed E-state index contributed by atoms with van der Waals surface area (Å²) in [6.45, 7) is 7.53. The number of nitrogens with one attached hydrogen (secondary N) is 1. The fraction of sp³-hybridized carbons (Fsp3) is 0.429. The van der Waals surface area contributed by atoms with Gasteiger partial charge in [0.2, 0.25) is 0 Å². The van der Waals surface area contributed by atoms with Crippen molar-refractivity contribution in [2.45, 2.75) is 44.8 Å². The Kier molecular flexibility index (Phi) is 4.66. The number of rotatable bonds is 5. The smallest absolute Gasteiger partial charge is 0.126 e. The van der Waals surface area contributed by atoms with E-state index in [1.54, 1.807) is 0 Å². The molecule has 0 bridgehead atoms. The van der Waals surface area contributed by atoms with E-state index in [1.807, 2.05) is 38.1 Å². The number of para-hydroxylation sites is 1. The zero-order valence-corrected chi connectivity index (χ0v) is 14.8. The van der Waals surface area contributed by atoms with Crippen LogP contribution >= 0.6 is 0 Å². The van der Waals surface area contributed by atoms with Gasteiger partial charge in [0.1, 0.15) is 17.0 Å². The van der Waals surface area contributed by atoms with Gasteiger partial charge in [0.05, 0.1) is 0 Å². The number of aryl methyl sites for hydroxylation is 1. The average molecular weight is 325 g/mol. The molecule has 3 heteroatoms. The van der Waals surface area contributed by atoms with Crippen molar-refractivity contribution in [2.24, 2.45) is 0 Å². The Morgan fingerprint density at radius 2 is 1.79 bits per heavy atom. The van der Waals surface area contributed by atoms with Gasteiger partial charge in [-0.2, -0.15) is 0 Å². The molecule has 2 N–H and O–H groups in total. The van der Waals surface area contributed by atoms with Crippen LogP contribution in [0, 0.1) is 6.92 Å². The fourth-order valence-corrected chi connectivity index (χ4v) is 3.51. The quantitative estimate of drug-likeness (QED) is 0.826. The van der Waals surface area contributed by atoms with Crippen LogP contribution in [0.2, 0.25) is 0 Å². The number of ether oxygens (including phenoxy) is 1. The van der Waals surface area contributed by atoms with Crippen LogP contribution in [0.15, 0.2) is 48.5 Å². The minimum Gasteiger partial charge on any atom is -0.487 e. The zero-order chi connectivity index (χ0) is 17.2. The summed E-state index contributed by atoms with van der Waals surface area (Å²) in [6, 6.07) is 16.4. The predicted octanol–water partition coefficient (Wildman–Crippen LogP) is 3.58. The highest BCUT2D eigenvalue weighted by Crippen LogP contribution is 2.42. The molecule has 2 aromatic rings. The van der Waals surface area contributed by atoms with Crippen molar-refractivity contribution in [3.8, 4) is 5.75 Å². The van der Waals surface area contributed by atoms with Crippen molar-refractivity contribution in [2.75, 3.05) is 13.1 Å². The van der Waals surface area contributed by atoms with E-state index >= 15 is 0 Å². The Balaban J connectivity index is 1.64. The molecular formula is C21H27NO2. The van der Waals surface area contributed by atoms with Crippen LogP contribution in [0.25, 0.3) is 0 Å². The minimum absolute atomic E-state index is 0.373. The van der Waals surface area contributed by atoms with Crippen molar-refractivity contribution in [3.63, 3.8) is 0 Å². The van der Waals surface area contributed by atoms with Crippen molar-refractivity contribution in [1.82, 2.24) is 5.32 Å². The molecular weight excluding hydrogens is 298 g/mol. The Labute approximate surface area is 144 Å². The molecule has 0 aliphatic carbocycles. The molecule has 1 unspecified atom stereocenters. The van der Waals surface area contributed by atoms with E-state index in [-0.39, 0.29) is 5.60 Å². The Morgan fingerprint density at radius 3 is 2.54 bits per heavy atom. The van der Waals surface area contributed by atoms with Crippen molar-refractivity contribution < 1.29 is 9.84 Å². The third-order valence-electron chi connectivity index (χ3n) is 4.62. The predicted molar refractivity (Wildman–Crippen MR) is 97.4 cm³/mol. The molecule has 0 fully saturated rings. The third kappa shape index (κ3) is 3.80. The lowest BCUT2D eigenvalue weighted by atomic mass is 9.80. The van der Waals surface area contributed by atoms with Crippen LogP contribution in [0.5, 0.6) is 5.75 Å². The van der Waals surface area contributed by atoms with Gasteiger partial charge in [0.25, 0.3) is 0 Å². The lowest BCUT2D eigenvalue weighted by molar-refractivity contribution is -0.0623. The van der Waals surface area contributed by atoms with Crippen molar-refractivity contribution in [1.29, 1.82) is 0 Å². The summed E-state index contributed by atoms with van der Waals surface area (Å²) in [7, 11) is 0. The average Bonchev–Trinajstić information content (AvgIpc) is 2.52. The normalized spacial score (nSPS) is 21.8. The first-order chi connectivity index (χ1) is 11.4. The largest absolute Gasteiger partial charge is 0.487 e. The summed E-state index contributed by atoms with van der Waals surface area (Å²) in [5.41, 5.74) is 2.20. The highest BCUT2D eigenvalue weighted by atomic mass is 16.5. The van der Waals surface area contributed by atoms with Gasteiger partial charge in [0, 0.05) is 18.5 Å². The van der Waals surface area contributed by atoms with Gasteiger partial charge >= 0.3 is 0 Å². The van der Waals surface area contributed by atoms with Crippen LogP contribution in [0.4, 0.5) is 0 Å². The first-order valence-corrected chi connectivity index (χ1v) is 8.65. The summed E-state index contributed by atoms with van der Waals surface area (Å²) in [4.78, 5) is 0. The van der Waals surface area contributed by atoms with Gasteiger partial charge < -0.3 is 15.2 Å². The van der Waals surface area contributed by atoms with Crippen molar-refractivity contribution >= 4 is 0 Å². The minimum atomic E-state index is -0.897. The van der Waals surface area contributed by atoms with E-state index in [0.29, 0.717) is 13.0 Å². The summed E-state index contributed by atoms with van der Waals surface area (Å²) in [6.07, 6.45) is 1.53. The Morgan fingerprint density at radius 1 is 1.08 bits per heavy atom. The molecule has 0 saturated heterocycles. The molecule has 2 aromatic carbocycles. The summed E-state index contributed by atoms with van der Waals surface area (Å²) >= 11 is 0. The van der Waals surface area contributed by atoms with Crippen LogP contribution in [-0.2, 0) is 12.0 Å². The molecule has 0 amide bonds. The number of benzene rings is 2. The van der Waals surface area contributed by atoms with Gasteiger partial charge in [-0.15, -0.1) is 0 Å².